The summed E-state index contributed by atoms with van der Waals surface area (Å²) in [6.45, 7) is 4.12. The normalized spacial score (nSPS) is 35.3. The Balaban J connectivity index is 1.63. The molecule has 3 saturated heterocycles. The number of rotatable bonds is 1. The molecule has 0 radical (unpaired) electrons. The van der Waals surface area contributed by atoms with Crippen molar-refractivity contribution in [3.63, 3.8) is 0 Å². The fraction of sp³-hybridized carbons (Fsp3) is 0.929. The van der Waals surface area contributed by atoms with Gasteiger partial charge in [-0.1, -0.05) is 0 Å². The summed E-state index contributed by atoms with van der Waals surface area (Å²) in [6.07, 6.45) is 5.50. The van der Waals surface area contributed by atoms with E-state index in [2.05, 4.69) is 0 Å². The molecule has 0 bridgehead atoms. The zero-order valence-corrected chi connectivity index (χ0v) is 11.8. The van der Waals surface area contributed by atoms with Crippen molar-refractivity contribution in [1.82, 2.24) is 9.80 Å². The van der Waals surface area contributed by atoms with Crippen LogP contribution in [0.3, 0.4) is 0 Å². The van der Waals surface area contributed by atoms with Gasteiger partial charge in [0.15, 0.2) is 0 Å². The summed E-state index contributed by atoms with van der Waals surface area (Å²) in [5, 5.41) is 0. The first-order valence-electron chi connectivity index (χ1n) is 7.43. The maximum atomic E-state index is 12.5. The minimum atomic E-state index is -0.145. The van der Waals surface area contributed by atoms with Crippen molar-refractivity contribution in [2.45, 2.75) is 43.8 Å². The number of nitrogens with zero attached hydrogens (tertiary/aromatic N) is 2. The second kappa shape index (κ2) is 5.29. The first-order valence-corrected chi connectivity index (χ1v) is 7.43. The van der Waals surface area contributed by atoms with E-state index < -0.39 is 0 Å². The minimum Gasteiger partial charge on any atom is -0.379 e. The van der Waals surface area contributed by atoms with Crippen LogP contribution in [-0.4, -0.2) is 67.4 Å². The number of amides is 2. The van der Waals surface area contributed by atoms with Gasteiger partial charge in [-0.05, 0) is 25.7 Å². The maximum Gasteiger partial charge on any atom is 0.320 e. The lowest BCUT2D eigenvalue weighted by Gasteiger charge is -2.41. The van der Waals surface area contributed by atoms with E-state index in [9.17, 15) is 4.79 Å². The average molecular weight is 268 g/mol. The number of ether oxygens (including phenoxy) is 2. The third kappa shape index (κ3) is 2.58. The van der Waals surface area contributed by atoms with Gasteiger partial charge in [0.05, 0.1) is 24.9 Å². The molecule has 5 heteroatoms. The molecule has 1 spiro atoms. The molecule has 108 valence electrons. The van der Waals surface area contributed by atoms with Crippen LogP contribution in [0.5, 0.6) is 0 Å². The highest BCUT2D eigenvalue weighted by Gasteiger charge is 2.45. The highest BCUT2D eigenvalue weighted by Crippen LogP contribution is 2.36. The molecule has 2 amide bonds. The molecule has 0 aromatic heterocycles. The van der Waals surface area contributed by atoms with Crippen LogP contribution in [-0.2, 0) is 9.47 Å². The van der Waals surface area contributed by atoms with Gasteiger partial charge in [0.2, 0.25) is 0 Å². The van der Waals surface area contributed by atoms with Crippen molar-refractivity contribution in [3.8, 4) is 0 Å². The largest absolute Gasteiger partial charge is 0.379 e. The van der Waals surface area contributed by atoms with Crippen LogP contribution in [0.1, 0.15) is 32.1 Å². The Morgan fingerprint density at radius 3 is 2.63 bits per heavy atom. The van der Waals surface area contributed by atoms with Gasteiger partial charge in [0.1, 0.15) is 0 Å². The molecule has 0 aromatic carbocycles. The lowest BCUT2D eigenvalue weighted by molar-refractivity contribution is -0.0447. The summed E-state index contributed by atoms with van der Waals surface area (Å²) in [4.78, 5) is 16.4. The summed E-state index contributed by atoms with van der Waals surface area (Å²) < 4.78 is 11.4. The van der Waals surface area contributed by atoms with Crippen LogP contribution >= 0.6 is 0 Å². The first-order chi connectivity index (χ1) is 9.22. The molecular formula is C14H24N2O3. The highest BCUT2D eigenvalue weighted by atomic mass is 16.6. The molecule has 19 heavy (non-hydrogen) atoms. The van der Waals surface area contributed by atoms with Crippen molar-refractivity contribution in [1.29, 1.82) is 0 Å². The van der Waals surface area contributed by atoms with Gasteiger partial charge in [-0.2, -0.15) is 0 Å². The van der Waals surface area contributed by atoms with Crippen molar-refractivity contribution >= 4 is 6.03 Å². The van der Waals surface area contributed by atoms with Crippen LogP contribution in [0.25, 0.3) is 0 Å². The molecule has 3 fully saturated rings. The van der Waals surface area contributed by atoms with E-state index in [-0.39, 0.29) is 17.7 Å². The molecule has 0 saturated carbocycles. The quantitative estimate of drug-likeness (QED) is 0.723. The summed E-state index contributed by atoms with van der Waals surface area (Å²) in [7, 11) is 1.74. The van der Waals surface area contributed by atoms with E-state index in [4.69, 9.17) is 9.47 Å². The van der Waals surface area contributed by atoms with Gasteiger partial charge in [-0.3, -0.25) is 0 Å². The number of methoxy groups -OCH3 is 1. The molecule has 0 aliphatic carbocycles. The van der Waals surface area contributed by atoms with Crippen molar-refractivity contribution in [2.75, 3.05) is 39.9 Å². The molecule has 3 rings (SSSR count). The van der Waals surface area contributed by atoms with Gasteiger partial charge in [-0.15, -0.1) is 0 Å². The molecule has 5 nitrogen and oxygen atoms in total. The number of urea groups is 1. The summed E-state index contributed by atoms with van der Waals surface area (Å²) in [6, 6.07) is 0.209. The van der Waals surface area contributed by atoms with Gasteiger partial charge in [0.25, 0.3) is 0 Å². The van der Waals surface area contributed by atoms with E-state index in [1.165, 1.54) is 0 Å². The third-order valence-corrected chi connectivity index (χ3v) is 4.69. The number of piperidine rings is 1. The molecule has 0 N–H and O–H groups in total. The van der Waals surface area contributed by atoms with E-state index in [1.807, 2.05) is 9.80 Å². The number of hydrogen-bond acceptors (Lipinski definition) is 3. The summed E-state index contributed by atoms with van der Waals surface area (Å²) in [5.74, 6) is 0. The van der Waals surface area contributed by atoms with Crippen LogP contribution < -0.4 is 0 Å². The molecule has 3 aliphatic rings. The summed E-state index contributed by atoms with van der Waals surface area (Å²) in [5.41, 5.74) is -0.145. The van der Waals surface area contributed by atoms with Gasteiger partial charge in [0, 0.05) is 33.2 Å². The Bertz CT molecular complexity index is 344. The maximum absolute atomic E-state index is 12.5. The molecule has 3 aliphatic heterocycles. The predicted molar refractivity (Wildman–Crippen MR) is 71.1 cm³/mol. The van der Waals surface area contributed by atoms with Crippen molar-refractivity contribution in [2.24, 2.45) is 0 Å². The number of carbonyl (C=O) groups is 1. The van der Waals surface area contributed by atoms with Gasteiger partial charge < -0.3 is 19.3 Å². The Hall–Kier alpha value is -0.810. The van der Waals surface area contributed by atoms with Crippen LogP contribution in [0, 0.1) is 0 Å². The SMILES string of the molecule is CO[C@@H]1CO[C@]2(CCCN(C(=O)N3CCCC3)C2)C1. The fourth-order valence-electron chi connectivity index (χ4n) is 3.61. The predicted octanol–water partition coefficient (Wildman–Crippen LogP) is 1.47. The van der Waals surface area contributed by atoms with E-state index in [1.54, 1.807) is 7.11 Å². The minimum absolute atomic E-state index is 0.145. The second-order valence-electron chi connectivity index (χ2n) is 6.06. The van der Waals surface area contributed by atoms with Crippen LogP contribution in [0.2, 0.25) is 0 Å². The van der Waals surface area contributed by atoms with E-state index in [0.29, 0.717) is 6.61 Å². The lowest BCUT2D eigenvalue weighted by Crippen LogP contribution is -2.53. The molecule has 3 heterocycles. The Labute approximate surface area is 114 Å². The Kier molecular flexibility index (Phi) is 3.67. The second-order valence-corrected chi connectivity index (χ2v) is 6.06. The first kappa shape index (κ1) is 13.2. The fourth-order valence-corrected chi connectivity index (χ4v) is 3.61. The van der Waals surface area contributed by atoms with Crippen LogP contribution in [0.4, 0.5) is 4.79 Å². The highest BCUT2D eigenvalue weighted by molar-refractivity contribution is 5.75. The van der Waals surface area contributed by atoms with Crippen molar-refractivity contribution in [3.05, 3.63) is 0 Å². The van der Waals surface area contributed by atoms with E-state index >= 15 is 0 Å². The molecule has 0 aromatic rings. The van der Waals surface area contributed by atoms with Crippen molar-refractivity contribution < 1.29 is 14.3 Å². The zero-order chi connectivity index (χ0) is 13.3. The number of carbonyl (C=O) groups excluding carboxylic acids is 1. The molecule has 2 atom stereocenters. The topological polar surface area (TPSA) is 42.0 Å². The standard InChI is InChI=1S/C14H24N2O3/c1-18-12-9-14(19-10-12)5-4-8-16(11-14)13(17)15-6-2-3-7-15/h12H,2-11H2,1H3/t12-,14+/m0/s1. The third-order valence-electron chi connectivity index (χ3n) is 4.69. The number of hydrogen-bond donors (Lipinski definition) is 0. The number of likely N-dealkylation sites (tertiary alicyclic amines) is 2. The smallest absolute Gasteiger partial charge is 0.320 e. The Morgan fingerprint density at radius 2 is 1.95 bits per heavy atom. The lowest BCUT2D eigenvalue weighted by atomic mass is 9.89. The van der Waals surface area contributed by atoms with E-state index in [0.717, 1.165) is 58.3 Å². The Morgan fingerprint density at radius 1 is 1.21 bits per heavy atom. The molecule has 0 unspecified atom stereocenters. The van der Waals surface area contributed by atoms with Gasteiger partial charge in [-0.25, -0.2) is 4.79 Å². The monoisotopic (exact) mass is 268 g/mol. The van der Waals surface area contributed by atoms with Crippen LogP contribution in [0.15, 0.2) is 0 Å². The summed E-state index contributed by atoms with van der Waals surface area (Å²) >= 11 is 0. The van der Waals surface area contributed by atoms with Gasteiger partial charge >= 0.3 is 6.03 Å². The average Bonchev–Trinajstić information content (AvgIpc) is 3.08. The zero-order valence-electron chi connectivity index (χ0n) is 11.8. The molecular weight excluding hydrogens is 244 g/mol.